The number of hydrogen-bond donors (Lipinski definition) is 1. The fourth-order valence-electron chi connectivity index (χ4n) is 7.30. The Morgan fingerprint density at radius 2 is 1.64 bits per heavy atom. The number of piperazine rings is 1. The van der Waals surface area contributed by atoms with Crippen LogP contribution < -0.4 is 19.9 Å². The number of piperidine rings is 1. The van der Waals surface area contributed by atoms with Crippen molar-refractivity contribution in [1.82, 2.24) is 15.1 Å². The Hall–Kier alpha value is -4.88. The highest BCUT2D eigenvalue weighted by Crippen LogP contribution is 2.40. The zero-order chi connectivity index (χ0) is 40.4. The summed E-state index contributed by atoms with van der Waals surface area (Å²) in [4.78, 5) is 57.3. The number of rotatable bonds is 12. The Labute approximate surface area is 332 Å². The fourth-order valence-corrected chi connectivity index (χ4v) is 8.10. The Kier molecular flexibility index (Phi) is 12.2. The van der Waals surface area contributed by atoms with Gasteiger partial charge in [0.25, 0.3) is 5.91 Å². The monoisotopic (exact) mass is 808 g/mol. The van der Waals surface area contributed by atoms with Gasteiger partial charge in [0, 0.05) is 62.2 Å². The molecule has 3 aromatic carbocycles. The smallest absolute Gasteiger partial charge is 0.417 e. The zero-order valence-electron chi connectivity index (χ0n) is 30.8. The van der Waals surface area contributed by atoms with Crippen molar-refractivity contribution < 1.29 is 37.1 Å². The van der Waals surface area contributed by atoms with Crippen LogP contribution in [-0.2, 0) is 38.2 Å². The molecule has 16 heteroatoms. The molecule has 1 N–H and O–H groups in total. The van der Waals surface area contributed by atoms with Crippen LogP contribution in [0.1, 0.15) is 48.9 Å². The van der Waals surface area contributed by atoms with Crippen LogP contribution in [0.2, 0.25) is 5.02 Å². The van der Waals surface area contributed by atoms with Crippen LogP contribution in [0, 0.1) is 17.2 Å². The van der Waals surface area contributed by atoms with Gasteiger partial charge in [-0.2, -0.15) is 18.4 Å². The number of nitriles is 1. The quantitative estimate of drug-likeness (QED) is 0.184. The molecule has 56 heavy (non-hydrogen) atoms. The Bertz CT molecular complexity index is 2080. The fraction of sp³-hybridized carbons (Fsp3) is 0.400. The van der Waals surface area contributed by atoms with E-state index >= 15 is 0 Å². The topological polar surface area (TPSA) is 126 Å². The average molecular weight is 809 g/mol. The molecule has 1 unspecified atom stereocenters. The number of ether oxygens (including phenoxy) is 1. The van der Waals surface area contributed by atoms with Gasteiger partial charge in [-0.1, -0.05) is 17.7 Å². The molecule has 3 fully saturated rings. The highest BCUT2D eigenvalue weighted by molar-refractivity contribution is 7.81. The molecule has 11 nitrogen and oxygen atoms in total. The van der Waals surface area contributed by atoms with E-state index in [1.54, 1.807) is 61.2 Å². The summed E-state index contributed by atoms with van der Waals surface area (Å²) < 4.78 is 47.0. The van der Waals surface area contributed by atoms with Gasteiger partial charge in [-0.15, -0.1) is 0 Å². The first-order valence-electron chi connectivity index (χ1n) is 18.1. The summed E-state index contributed by atoms with van der Waals surface area (Å²) in [6, 6.07) is 17.1. The predicted octanol–water partition coefficient (Wildman–Crippen LogP) is 5.55. The molecule has 0 saturated carbocycles. The number of nitrogens with one attached hydrogen (secondary N) is 1. The van der Waals surface area contributed by atoms with E-state index in [0.29, 0.717) is 55.4 Å². The number of benzene rings is 3. The largest absolute Gasteiger partial charge is 0.492 e. The minimum atomic E-state index is -4.79. The van der Waals surface area contributed by atoms with E-state index in [4.69, 9.17) is 28.6 Å². The van der Waals surface area contributed by atoms with Gasteiger partial charge in [0.05, 0.1) is 29.4 Å². The second-order valence-electron chi connectivity index (χ2n) is 14.7. The van der Waals surface area contributed by atoms with E-state index in [0.717, 1.165) is 54.3 Å². The summed E-state index contributed by atoms with van der Waals surface area (Å²) in [6.45, 7) is 7.63. The molecule has 294 valence electrons. The third-order valence-electron chi connectivity index (χ3n) is 10.2. The molecule has 1 atom stereocenters. The molecular weight excluding hydrogens is 769 g/mol. The first-order valence-corrected chi connectivity index (χ1v) is 18.9. The van der Waals surface area contributed by atoms with E-state index in [2.05, 4.69) is 15.1 Å². The van der Waals surface area contributed by atoms with Crippen molar-refractivity contribution >= 4 is 63.8 Å². The second kappa shape index (κ2) is 16.7. The lowest BCUT2D eigenvalue weighted by atomic mass is 9.90. The molecule has 0 aliphatic carbocycles. The Morgan fingerprint density at radius 1 is 0.982 bits per heavy atom. The minimum absolute atomic E-state index is 0.00738. The highest BCUT2D eigenvalue weighted by Gasteiger charge is 2.50. The zero-order valence-corrected chi connectivity index (χ0v) is 32.4. The molecule has 0 bridgehead atoms. The standard InChI is InChI=1S/C40H40ClF3N6O5S/c1-39(2)37(54)49(31-5-3-28(23-45)34(22-31)40(42,43)44)38(56)50(39)30-6-8-33(9-7-30)55-16-15-47-11-13-48(14-12-47)24-32(51)21-26-17-25(19-29(41)20-26)18-27-4-10-35(52)46-36(27)53/h3,5-9,17,19-20,22,27H,4,10-16,18,21,24H2,1-2H3,(H,46,52,53). The molecule has 3 aromatic rings. The summed E-state index contributed by atoms with van der Waals surface area (Å²) in [5.41, 5.74) is -0.773. The maximum Gasteiger partial charge on any atom is 0.417 e. The number of ketones is 1. The van der Waals surface area contributed by atoms with Crippen molar-refractivity contribution in [3.8, 4) is 11.8 Å². The van der Waals surface area contributed by atoms with Crippen LogP contribution in [0.3, 0.4) is 0 Å². The highest BCUT2D eigenvalue weighted by atomic mass is 35.5. The molecular formula is C40H40ClF3N6O5S. The summed E-state index contributed by atoms with van der Waals surface area (Å²) >= 11 is 12.0. The van der Waals surface area contributed by atoms with Gasteiger partial charge in [-0.3, -0.25) is 39.2 Å². The van der Waals surface area contributed by atoms with Crippen LogP contribution in [0.4, 0.5) is 24.5 Å². The van der Waals surface area contributed by atoms with E-state index in [-0.39, 0.29) is 40.7 Å². The van der Waals surface area contributed by atoms with Crippen LogP contribution in [0.25, 0.3) is 0 Å². The summed E-state index contributed by atoms with van der Waals surface area (Å²) in [5.74, 6) is -0.693. The van der Waals surface area contributed by atoms with E-state index in [9.17, 15) is 37.6 Å². The van der Waals surface area contributed by atoms with Crippen LogP contribution in [0.15, 0.2) is 60.7 Å². The number of hydrogen-bond acceptors (Lipinski definition) is 9. The number of carbonyl (C=O) groups excluding carboxylic acids is 4. The third-order valence-corrected chi connectivity index (χ3v) is 10.8. The number of carbonyl (C=O) groups is 4. The van der Waals surface area contributed by atoms with Crippen molar-refractivity contribution in [2.75, 3.05) is 55.7 Å². The normalized spacial score (nSPS) is 19.3. The molecule has 3 aliphatic rings. The predicted molar refractivity (Wildman–Crippen MR) is 207 cm³/mol. The molecule has 3 heterocycles. The molecule has 3 saturated heterocycles. The number of Topliss-reactive ketones (excluding diaryl/α,β-unsaturated/α-hetero) is 1. The van der Waals surface area contributed by atoms with E-state index in [1.807, 2.05) is 6.07 Å². The molecule has 0 spiro atoms. The van der Waals surface area contributed by atoms with Gasteiger partial charge in [-0.05, 0) is 105 Å². The molecule has 0 radical (unpaired) electrons. The van der Waals surface area contributed by atoms with Crippen LogP contribution >= 0.6 is 23.8 Å². The van der Waals surface area contributed by atoms with Gasteiger partial charge in [0.2, 0.25) is 11.8 Å². The van der Waals surface area contributed by atoms with Crippen LogP contribution in [0.5, 0.6) is 5.75 Å². The van der Waals surface area contributed by atoms with Crippen molar-refractivity contribution in [2.24, 2.45) is 5.92 Å². The number of nitrogens with zero attached hydrogens (tertiary/aromatic N) is 5. The molecule has 3 aliphatic heterocycles. The first-order chi connectivity index (χ1) is 26.5. The van der Waals surface area contributed by atoms with E-state index in [1.165, 1.54) is 6.07 Å². The van der Waals surface area contributed by atoms with Gasteiger partial charge < -0.3 is 9.64 Å². The maximum absolute atomic E-state index is 13.7. The van der Waals surface area contributed by atoms with Gasteiger partial charge >= 0.3 is 6.18 Å². The van der Waals surface area contributed by atoms with Crippen molar-refractivity contribution in [2.45, 2.75) is 51.2 Å². The van der Waals surface area contributed by atoms with E-state index < -0.39 is 28.7 Å². The number of anilines is 2. The van der Waals surface area contributed by atoms with Gasteiger partial charge in [0.1, 0.15) is 17.9 Å². The third kappa shape index (κ3) is 9.21. The maximum atomic E-state index is 13.7. The van der Waals surface area contributed by atoms with Crippen molar-refractivity contribution in [3.63, 3.8) is 0 Å². The first kappa shape index (κ1) is 40.8. The Morgan fingerprint density at radius 3 is 2.30 bits per heavy atom. The molecule has 0 aromatic heterocycles. The number of imide groups is 1. The number of amides is 3. The lowest BCUT2D eigenvalue weighted by Gasteiger charge is -2.34. The number of halogens is 4. The molecule has 6 rings (SSSR count). The summed E-state index contributed by atoms with van der Waals surface area (Å²) in [6.07, 6.45) is -3.32. The van der Waals surface area contributed by atoms with Crippen molar-refractivity contribution in [3.05, 3.63) is 87.9 Å². The Balaban J connectivity index is 0.962. The van der Waals surface area contributed by atoms with Gasteiger partial charge in [0.15, 0.2) is 10.9 Å². The molecule has 3 amide bonds. The lowest BCUT2D eigenvalue weighted by Crippen LogP contribution is -2.48. The van der Waals surface area contributed by atoms with Crippen LogP contribution in [-0.4, -0.2) is 89.8 Å². The van der Waals surface area contributed by atoms with Crippen molar-refractivity contribution in [1.29, 1.82) is 5.26 Å². The average Bonchev–Trinajstić information content (AvgIpc) is 3.31. The van der Waals surface area contributed by atoms with Gasteiger partial charge in [-0.25, -0.2) is 0 Å². The summed E-state index contributed by atoms with van der Waals surface area (Å²) in [7, 11) is 0. The lowest BCUT2D eigenvalue weighted by molar-refractivity contribution is -0.138. The SMILES string of the molecule is CC1(C)C(=O)N(c2ccc(C#N)c(C(F)(F)F)c2)C(=S)N1c1ccc(OCCN2CCN(CC(=O)Cc3cc(Cl)cc(CC4CCC(=O)NC4=O)c3)CC2)cc1. The minimum Gasteiger partial charge on any atom is -0.492 e. The second-order valence-corrected chi connectivity index (χ2v) is 15.5. The number of alkyl halides is 3. The number of thiocarbonyl (C=S) groups is 1. The summed E-state index contributed by atoms with van der Waals surface area (Å²) in [5, 5.41) is 12.1.